The molecule has 1 aromatic carbocycles. The van der Waals surface area contributed by atoms with Crippen LogP contribution in [0.15, 0.2) is 30.3 Å². The number of hydrogen-bond donors (Lipinski definition) is 0. The zero-order valence-corrected chi connectivity index (χ0v) is 12.1. The van der Waals surface area contributed by atoms with E-state index in [1.165, 1.54) is 18.0 Å². The van der Waals surface area contributed by atoms with E-state index in [1.807, 2.05) is 0 Å². The summed E-state index contributed by atoms with van der Waals surface area (Å²) in [6.45, 7) is 10.0. The molecule has 1 unspecified atom stereocenters. The monoisotopic (exact) mass is 236 g/mol. The van der Waals surface area contributed by atoms with Crippen molar-refractivity contribution in [3.8, 4) is 0 Å². The lowest BCUT2D eigenvalue weighted by Gasteiger charge is -2.29. The van der Waals surface area contributed by atoms with Crippen molar-refractivity contribution in [3.63, 3.8) is 0 Å². The van der Waals surface area contributed by atoms with Crippen LogP contribution in [0, 0.1) is 0 Å². The predicted molar refractivity (Wildman–Crippen MR) is 73.8 cm³/mol. The number of hydrogen-bond acceptors (Lipinski definition) is 1. The van der Waals surface area contributed by atoms with Gasteiger partial charge in [0.25, 0.3) is 0 Å². The molecule has 0 aliphatic rings. The van der Waals surface area contributed by atoms with Gasteiger partial charge in [-0.1, -0.05) is 64.4 Å². The van der Waals surface area contributed by atoms with Crippen LogP contribution in [0.25, 0.3) is 0 Å². The molecule has 90 valence electrons. The second-order valence-corrected chi connectivity index (χ2v) is 8.87. The van der Waals surface area contributed by atoms with Crippen molar-refractivity contribution in [2.24, 2.45) is 0 Å². The van der Waals surface area contributed by atoms with Gasteiger partial charge < -0.3 is 4.43 Å². The Balaban J connectivity index is 2.73. The Kier molecular flexibility index (Phi) is 5.23. The van der Waals surface area contributed by atoms with E-state index in [4.69, 9.17) is 4.43 Å². The molecule has 1 atom stereocenters. The largest absolute Gasteiger partial charge is 0.415 e. The second-order valence-electron chi connectivity index (χ2n) is 5.38. The van der Waals surface area contributed by atoms with Gasteiger partial charge in [-0.15, -0.1) is 0 Å². The fraction of sp³-hybridized carbons (Fsp3) is 0.571. The molecule has 0 spiro atoms. The number of benzene rings is 1. The summed E-state index contributed by atoms with van der Waals surface area (Å²) in [4.78, 5) is 0. The lowest BCUT2D eigenvalue weighted by molar-refractivity contribution is 0.302. The zero-order valence-electron chi connectivity index (χ0n) is 11.0. The van der Waals surface area contributed by atoms with Crippen molar-refractivity contribution < 1.29 is 4.43 Å². The van der Waals surface area contributed by atoms with Crippen LogP contribution in [-0.4, -0.2) is 15.6 Å². The Morgan fingerprint density at radius 3 is 2.25 bits per heavy atom. The third-order valence-electron chi connectivity index (χ3n) is 2.67. The summed E-state index contributed by atoms with van der Waals surface area (Å²) in [5.74, 6) is 0. The Morgan fingerprint density at radius 2 is 1.75 bits per heavy atom. The SMILES string of the molecule is CCCCO[SiH](c1ccccc1)C(C)(C)C. The van der Waals surface area contributed by atoms with E-state index in [0.717, 1.165) is 6.61 Å². The highest BCUT2D eigenvalue weighted by Gasteiger charge is 2.29. The number of unbranched alkanes of at least 4 members (excludes halogenated alkanes) is 1. The van der Waals surface area contributed by atoms with Crippen molar-refractivity contribution in [1.82, 2.24) is 0 Å². The molecule has 16 heavy (non-hydrogen) atoms. The summed E-state index contributed by atoms with van der Waals surface area (Å²) < 4.78 is 6.17. The van der Waals surface area contributed by atoms with Gasteiger partial charge >= 0.3 is 0 Å². The average molecular weight is 236 g/mol. The molecule has 0 radical (unpaired) electrons. The maximum Gasteiger partial charge on any atom is 0.213 e. The van der Waals surface area contributed by atoms with E-state index in [9.17, 15) is 0 Å². The maximum atomic E-state index is 6.17. The van der Waals surface area contributed by atoms with E-state index in [2.05, 4.69) is 58.0 Å². The highest BCUT2D eigenvalue weighted by atomic mass is 28.3. The molecule has 2 heteroatoms. The minimum atomic E-state index is -1.31. The van der Waals surface area contributed by atoms with Gasteiger partial charge in [-0.05, 0) is 16.6 Å². The molecule has 1 rings (SSSR count). The highest BCUT2D eigenvalue weighted by molar-refractivity contribution is 6.70. The molecular formula is C14H24OSi. The molecule has 0 aliphatic carbocycles. The van der Waals surface area contributed by atoms with E-state index in [0.29, 0.717) is 0 Å². The predicted octanol–water partition coefficient (Wildman–Crippen LogP) is 3.23. The molecule has 0 fully saturated rings. The maximum absolute atomic E-state index is 6.17. The van der Waals surface area contributed by atoms with Crippen molar-refractivity contribution in [1.29, 1.82) is 0 Å². The molecule has 0 aliphatic heterocycles. The molecule has 0 N–H and O–H groups in total. The van der Waals surface area contributed by atoms with Crippen molar-refractivity contribution in [3.05, 3.63) is 30.3 Å². The van der Waals surface area contributed by atoms with Gasteiger partial charge in [-0.25, -0.2) is 0 Å². The van der Waals surface area contributed by atoms with Crippen molar-refractivity contribution in [2.75, 3.05) is 6.61 Å². The van der Waals surface area contributed by atoms with Crippen molar-refractivity contribution >= 4 is 14.2 Å². The van der Waals surface area contributed by atoms with E-state index in [-0.39, 0.29) is 5.04 Å². The summed E-state index contributed by atoms with van der Waals surface area (Å²) in [7, 11) is -1.31. The lowest BCUT2D eigenvalue weighted by atomic mass is 10.2. The topological polar surface area (TPSA) is 9.23 Å². The summed E-state index contributed by atoms with van der Waals surface area (Å²) >= 11 is 0. The molecule has 1 aromatic rings. The molecule has 0 saturated heterocycles. The lowest BCUT2D eigenvalue weighted by Crippen LogP contribution is -2.41. The number of rotatable bonds is 5. The normalized spacial score (nSPS) is 13.8. The standard InChI is InChI=1S/C14H24OSi/c1-5-6-12-15-16(14(2,3)4)13-10-8-7-9-11-13/h7-11,16H,5-6,12H2,1-4H3. The quantitative estimate of drug-likeness (QED) is 0.563. The Hall–Kier alpha value is -0.603. The van der Waals surface area contributed by atoms with Crippen LogP contribution in [-0.2, 0) is 4.43 Å². The first kappa shape index (κ1) is 13.5. The molecular weight excluding hydrogens is 212 g/mol. The van der Waals surface area contributed by atoms with E-state index in [1.54, 1.807) is 0 Å². The first-order valence-electron chi connectivity index (χ1n) is 6.22. The molecule has 0 amide bonds. The van der Waals surface area contributed by atoms with Crippen LogP contribution in [0.1, 0.15) is 40.5 Å². The first-order valence-corrected chi connectivity index (χ1v) is 7.85. The minimum Gasteiger partial charge on any atom is -0.415 e. The molecule has 0 aromatic heterocycles. The molecule has 0 saturated carbocycles. The van der Waals surface area contributed by atoms with Gasteiger partial charge in [0.05, 0.1) is 0 Å². The van der Waals surface area contributed by atoms with Crippen LogP contribution < -0.4 is 5.19 Å². The molecule has 1 nitrogen and oxygen atoms in total. The van der Waals surface area contributed by atoms with E-state index >= 15 is 0 Å². The van der Waals surface area contributed by atoms with Crippen LogP contribution in [0.5, 0.6) is 0 Å². The summed E-state index contributed by atoms with van der Waals surface area (Å²) in [6.07, 6.45) is 2.38. The third kappa shape index (κ3) is 4.10. The zero-order chi connectivity index (χ0) is 12.0. The van der Waals surface area contributed by atoms with Crippen LogP contribution in [0.2, 0.25) is 5.04 Å². The Labute approximate surface area is 102 Å². The molecule has 0 bridgehead atoms. The molecule has 0 heterocycles. The average Bonchev–Trinajstić information content (AvgIpc) is 2.24. The fourth-order valence-corrected chi connectivity index (χ4v) is 4.49. The minimum absolute atomic E-state index is 0.287. The van der Waals surface area contributed by atoms with Gasteiger partial charge in [0, 0.05) is 6.61 Å². The third-order valence-corrected chi connectivity index (χ3v) is 5.80. The Morgan fingerprint density at radius 1 is 1.12 bits per heavy atom. The first-order chi connectivity index (χ1) is 7.55. The Bertz CT molecular complexity index is 289. The van der Waals surface area contributed by atoms with Gasteiger partial charge in [0.2, 0.25) is 9.04 Å². The highest BCUT2D eigenvalue weighted by Crippen LogP contribution is 2.27. The van der Waals surface area contributed by atoms with Gasteiger partial charge in [0.1, 0.15) is 0 Å². The fourth-order valence-electron chi connectivity index (χ4n) is 1.82. The summed E-state index contributed by atoms with van der Waals surface area (Å²) in [5, 5.41) is 1.71. The van der Waals surface area contributed by atoms with Crippen LogP contribution >= 0.6 is 0 Å². The van der Waals surface area contributed by atoms with Gasteiger partial charge in [-0.3, -0.25) is 0 Å². The van der Waals surface area contributed by atoms with Gasteiger partial charge in [0.15, 0.2) is 0 Å². The summed E-state index contributed by atoms with van der Waals surface area (Å²) in [5.41, 5.74) is 0. The smallest absolute Gasteiger partial charge is 0.213 e. The van der Waals surface area contributed by atoms with Crippen molar-refractivity contribution in [2.45, 2.75) is 45.6 Å². The summed E-state index contributed by atoms with van der Waals surface area (Å²) in [6, 6.07) is 10.7. The van der Waals surface area contributed by atoms with E-state index < -0.39 is 9.04 Å². The van der Waals surface area contributed by atoms with Crippen LogP contribution in [0.4, 0.5) is 0 Å². The van der Waals surface area contributed by atoms with Gasteiger partial charge in [-0.2, -0.15) is 0 Å². The van der Waals surface area contributed by atoms with Crippen LogP contribution in [0.3, 0.4) is 0 Å². The second kappa shape index (κ2) is 6.21.